The molecule has 0 bridgehead atoms. The van der Waals surface area contributed by atoms with Crippen LogP contribution in [-0.2, 0) is 0 Å². The maximum Gasteiger partial charge on any atom is 0.273 e. The number of pyridine rings is 1. The molecule has 1 aliphatic heterocycles. The molecule has 3 nitrogen and oxygen atoms in total. The van der Waals surface area contributed by atoms with Crippen molar-refractivity contribution >= 4 is 5.91 Å². The Hall–Kier alpha value is -2.94. The highest BCUT2D eigenvalue weighted by atomic mass is 16.2. The van der Waals surface area contributed by atoms with Crippen LogP contribution in [-0.4, -0.2) is 15.8 Å². The Morgan fingerprint density at radius 2 is 1.35 bits per heavy atom. The van der Waals surface area contributed by atoms with Gasteiger partial charge in [-0.05, 0) is 34.4 Å². The summed E-state index contributed by atoms with van der Waals surface area (Å²) in [5, 5.41) is 0. The van der Waals surface area contributed by atoms with Crippen LogP contribution in [0, 0.1) is 0 Å². The zero-order valence-corrected chi connectivity index (χ0v) is 12.4. The summed E-state index contributed by atoms with van der Waals surface area (Å²) in [6.45, 7) is 0. The molecule has 1 aromatic heterocycles. The van der Waals surface area contributed by atoms with Crippen molar-refractivity contribution in [2.45, 2.75) is 12.1 Å². The highest BCUT2D eigenvalue weighted by Crippen LogP contribution is 2.62. The molecule has 2 unspecified atom stereocenters. The molecular weight excluding hydrogens is 284 g/mol. The van der Waals surface area contributed by atoms with Gasteiger partial charge in [0.25, 0.3) is 5.91 Å². The second-order valence-corrected chi connectivity index (χ2v) is 5.99. The zero-order valence-electron chi connectivity index (χ0n) is 12.4. The molecule has 1 saturated heterocycles. The lowest BCUT2D eigenvalue weighted by Gasteiger charge is -2.16. The van der Waals surface area contributed by atoms with Gasteiger partial charge in [0.15, 0.2) is 0 Å². The normalized spacial score (nSPS) is 20.3. The Kier molecular flexibility index (Phi) is 2.48. The molecule has 5 rings (SSSR count). The number of benzene rings is 2. The SMILES string of the molecule is O=C(c1ccccn1)N1C2c3ccccc3-c3ccccc3C21. The first kappa shape index (κ1) is 12.6. The van der Waals surface area contributed by atoms with E-state index in [2.05, 4.69) is 41.4 Å². The van der Waals surface area contributed by atoms with Gasteiger partial charge in [-0.1, -0.05) is 54.6 Å². The third-order valence-electron chi connectivity index (χ3n) is 4.78. The quantitative estimate of drug-likeness (QED) is 0.636. The van der Waals surface area contributed by atoms with Crippen molar-refractivity contribution in [3.8, 4) is 11.1 Å². The average Bonchev–Trinajstić information content (AvgIpc) is 3.38. The number of fused-ring (bicyclic) bond motifs is 6. The van der Waals surface area contributed by atoms with Crippen molar-refractivity contribution in [2.24, 2.45) is 0 Å². The minimum Gasteiger partial charge on any atom is -0.318 e. The fraction of sp³-hybridized carbons (Fsp3) is 0.100. The molecule has 0 spiro atoms. The van der Waals surface area contributed by atoms with Crippen LogP contribution in [0.15, 0.2) is 72.9 Å². The average molecular weight is 298 g/mol. The minimum atomic E-state index is 0.00658. The fourth-order valence-corrected chi connectivity index (χ4v) is 3.75. The first-order chi connectivity index (χ1) is 11.4. The zero-order chi connectivity index (χ0) is 15.4. The van der Waals surface area contributed by atoms with Crippen molar-refractivity contribution < 1.29 is 4.79 Å². The van der Waals surface area contributed by atoms with Crippen LogP contribution in [0.1, 0.15) is 33.7 Å². The summed E-state index contributed by atoms with van der Waals surface area (Å²) in [5.74, 6) is 0.00658. The predicted octanol–water partition coefficient (Wildman–Crippen LogP) is 4.00. The summed E-state index contributed by atoms with van der Waals surface area (Å²) in [7, 11) is 0. The van der Waals surface area contributed by atoms with Gasteiger partial charge in [-0.3, -0.25) is 9.78 Å². The molecule has 2 heterocycles. The van der Waals surface area contributed by atoms with Crippen LogP contribution in [0.2, 0.25) is 0 Å². The van der Waals surface area contributed by atoms with Crippen LogP contribution in [0.5, 0.6) is 0 Å². The summed E-state index contributed by atoms with van der Waals surface area (Å²) >= 11 is 0. The van der Waals surface area contributed by atoms with E-state index >= 15 is 0 Å². The molecule has 0 radical (unpaired) electrons. The summed E-state index contributed by atoms with van der Waals surface area (Å²) in [4.78, 5) is 19.0. The van der Waals surface area contributed by atoms with Gasteiger partial charge in [0.2, 0.25) is 0 Å². The van der Waals surface area contributed by atoms with E-state index in [0.717, 1.165) is 0 Å². The molecular formula is C20H14N2O. The van der Waals surface area contributed by atoms with Gasteiger partial charge in [0.1, 0.15) is 5.69 Å². The Balaban J connectivity index is 1.65. The van der Waals surface area contributed by atoms with E-state index in [1.165, 1.54) is 22.3 Å². The van der Waals surface area contributed by atoms with Gasteiger partial charge < -0.3 is 4.90 Å². The van der Waals surface area contributed by atoms with Crippen molar-refractivity contribution in [2.75, 3.05) is 0 Å². The van der Waals surface area contributed by atoms with E-state index in [9.17, 15) is 4.79 Å². The number of hydrogen-bond donors (Lipinski definition) is 0. The third-order valence-corrected chi connectivity index (χ3v) is 4.78. The number of nitrogens with zero attached hydrogens (tertiary/aromatic N) is 2. The maximum absolute atomic E-state index is 12.9. The second-order valence-electron chi connectivity index (χ2n) is 5.99. The number of carbonyl (C=O) groups excluding carboxylic acids is 1. The Bertz CT molecular complexity index is 868. The lowest BCUT2D eigenvalue weighted by molar-refractivity contribution is 0.0859. The smallest absolute Gasteiger partial charge is 0.273 e. The molecule has 0 saturated carbocycles. The molecule has 23 heavy (non-hydrogen) atoms. The van der Waals surface area contributed by atoms with Gasteiger partial charge >= 0.3 is 0 Å². The van der Waals surface area contributed by atoms with Crippen LogP contribution in [0.25, 0.3) is 11.1 Å². The number of aromatic nitrogens is 1. The van der Waals surface area contributed by atoms with Crippen molar-refractivity contribution in [1.82, 2.24) is 9.88 Å². The minimum absolute atomic E-state index is 0.00658. The number of amides is 1. The third kappa shape index (κ3) is 1.70. The van der Waals surface area contributed by atoms with E-state index in [4.69, 9.17) is 0 Å². The van der Waals surface area contributed by atoms with Gasteiger partial charge in [-0.2, -0.15) is 0 Å². The Labute approximate surface area is 134 Å². The van der Waals surface area contributed by atoms with Gasteiger partial charge in [0.05, 0.1) is 12.1 Å². The van der Waals surface area contributed by atoms with E-state index < -0.39 is 0 Å². The highest BCUT2D eigenvalue weighted by Gasteiger charge is 2.56. The highest BCUT2D eigenvalue weighted by molar-refractivity contribution is 5.96. The fourth-order valence-electron chi connectivity index (χ4n) is 3.75. The Morgan fingerprint density at radius 3 is 1.91 bits per heavy atom. The maximum atomic E-state index is 12.9. The van der Waals surface area contributed by atoms with E-state index in [1.807, 2.05) is 29.2 Å². The van der Waals surface area contributed by atoms with Crippen molar-refractivity contribution in [3.63, 3.8) is 0 Å². The number of hydrogen-bond acceptors (Lipinski definition) is 2. The first-order valence-electron chi connectivity index (χ1n) is 7.78. The standard InChI is InChI=1S/C20H14N2O/c23-20(17-11-5-6-12-21-17)22-18-15-9-3-1-7-13(15)14-8-2-4-10-16(14)19(18)22/h1-12,18-19H. The van der Waals surface area contributed by atoms with Gasteiger partial charge in [-0.15, -0.1) is 0 Å². The van der Waals surface area contributed by atoms with Crippen LogP contribution in [0.3, 0.4) is 0 Å². The van der Waals surface area contributed by atoms with E-state index in [1.54, 1.807) is 12.3 Å². The molecule has 110 valence electrons. The number of carbonyl (C=O) groups is 1. The summed E-state index contributed by atoms with van der Waals surface area (Å²) in [6, 6.07) is 22.5. The Morgan fingerprint density at radius 1 is 0.783 bits per heavy atom. The molecule has 0 N–H and O–H groups in total. The monoisotopic (exact) mass is 298 g/mol. The van der Waals surface area contributed by atoms with Crippen LogP contribution < -0.4 is 0 Å². The van der Waals surface area contributed by atoms with Crippen LogP contribution >= 0.6 is 0 Å². The van der Waals surface area contributed by atoms with E-state index in [-0.39, 0.29) is 18.0 Å². The van der Waals surface area contributed by atoms with Crippen molar-refractivity contribution in [3.05, 3.63) is 89.7 Å². The largest absolute Gasteiger partial charge is 0.318 e. The molecule has 3 aromatic rings. The summed E-state index contributed by atoms with van der Waals surface area (Å²) < 4.78 is 0. The molecule has 1 amide bonds. The van der Waals surface area contributed by atoms with E-state index in [0.29, 0.717) is 5.69 Å². The van der Waals surface area contributed by atoms with Crippen LogP contribution in [0.4, 0.5) is 0 Å². The van der Waals surface area contributed by atoms with Gasteiger partial charge in [-0.25, -0.2) is 0 Å². The molecule has 1 aliphatic carbocycles. The second kappa shape index (κ2) is 4.53. The van der Waals surface area contributed by atoms with Crippen molar-refractivity contribution in [1.29, 1.82) is 0 Å². The molecule has 2 aliphatic rings. The predicted molar refractivity (Wildman–Crippen MR) is 87.8 cm³/mol. The lowest BCUT2D eigenvalue weighted by atomic mass is 9.86. The summed E-state index contributed by atoms with van der Waals surface area (Å²) in [6.07, 6.45) is 1.67. The lowest BCUT2D eigenvalue weighted by Crippen LogP contribution is -2.13. The number of rotatable bonds is 1. The molecule has 2 aromatic carbocycles. The molecule has 3 heteroatoms. The molecule has 1 fully saturated rings. The van der Waals surface area contributed by atoms with Gasteiger partial charge in [0, 0.05) is 6.20 Å². The summed E-state index contributed by atoms with van der Waals surface area (Å²) in [5.41, 5.74) is 5.46. The molecule has 2 atom stereocenters. The topological polar surface area (TPSA) is 33.0 Å². The first-order valence-corrected chi connectivity index (χ1v) is 7.78.